The summed E-state index contributed by atoms with van der Waals surface area (Å²) in [6.07, 6.45) is 7.28. The van der Waals surface area contributed by atoms with Crippen molar-refractivity contribution >= 4 is 17.5 Å². The summed E-state index contributed by atoms with van der Waals surface area (Å²) < 4.78 is 7.15. The lowest BCUT2D eigenvalue weighted by atomic mass is 10.0. The summed E-state index contributed by atoms with van der Waals surface area (Å²) in [5.74, 6) is 0.231. The summed E-state index contributed by atoms with van der Waals surface area (Å²) in [6.45, 7) is 6.01. The summed E-state index contributed by atoms with van der Waals surface area (Å²) >= 11 is 5.86. The van der Waals surface area contributed by atoms with Gasteiger partial charge in [-0.2, -0.15) is 5.10 Å². The summed E-state index contributed by atoms with van der Waals surface area (Å²) in [5.41, 5.74) is 0. The van der Waals surface area contributed by atoms with E-state index in [2.05, 4.69) is 14.9 Å². The molecule has 0 aromatic carbocycles. The van der Waals surface area contributed by atoms with E-state index < -0.39 is 0 Å². The van der Waals surface area contributed by atoms with Gasteiger partial charge in [0.05, 0.1) is 24.4 Å². The Balaban J connectivity index is 1.53. The number of morpholine rings is 1. The van der Waals surface area contributed by atoms with Crippen molar-refractivity contribution in [3.8, 4) is 0 Å². The minimum absolute atomic E-state index is 0.231. The zero-order valence-electron chi connectivity index (χ0n) is 13.5. The maximum Gasteiger partial charge on any atom is 0.224 e. The van der Waals surface area contributed by atoms with E-state index in [1.807, 2.05) is 0 Å². The number of aromatic nitrogens is 2. The number of hydrogen-bond donors (Lipinski definition) is 0. The fraction of sp³-hybridized carbons (Fsp3) is 0.750. The Morgan fingerprint density at radius 3 is 2.87 bits per heavy atom. The monoisotopic (exact) mass is 340 g/mol. The lowest BCUT2D eigenvalue weighted by molar-refractivity contribution is -0.135. The largest absolute Gasteiger partial charge is 0.379 e. The Bertz CT molecular complexity index is 516. The molecule has 0 aliphatic carbocycles. The van der Waals surface area contributed by atoms with Gasteiger partial charge in [-0.15, -0.1) is 0 Å². The highest BCUT2D eigenvalue weighted by Crippen LogP contribution is 2.20. The lowest BCUT2D eigenvalue weighted by Crippen LogP contribution is -2.51. The van der Waals surface area contributed by atoms with Gasteiger partial charge in [-0.25, -0.2) is 0 Å². The molecular formula is C16H25ClN4O2. The number of carbonyl (C=O) groups is 1. The topological polar surface area (TPSA) is 50.6 Å². The van der Waals surface area contributed by atoms with E-state index in [-0.39, 0.29) is 5.91 Å². The standard InChI is InChI=1S/C16H25ClN4O2/c17-14-11-18-20(12-14)6-4-16(22)21-5-2-1-3-15(21)13-19-7-9-23-10-8-19/h11-12,15H,1-10,13H2. The molecule has 2 saturated heterocycles. The number of amides is 1. The first-order valence-corrected chi connectivity index (χ1v) is 8.88. The summed E-state index contributed by atoms with van der Waals surface area (Å²) in [6, 6.07) is 0.343. The molecule has 1 aromatic rings. The van der Waals surface area contributed by atoms with Gasteiger partial charge in [0, 0.05) is 51.4 Å². The number of likely N-dealkylation sites (tertiary alicyclic amines) is 1. The molecule has 1 atom stereocenters. The van der Waals surface area contributed by atoms with Crippen LogP contribution in [-0.4, -0.2) is 70.9 Å². The number of piperidine rings is 1. The molecule has 6 nitrogen and oxygen atoms in total. The minimum atomic E-state index is 0.231. The first kappa shape index (κ1) is 16.7. The normalized spacial score (nSPS) is 23.2. The minimum Gasteiger partial charge on any atom is -0.379 e. The van der Waals surface area contributed by atoms with Crippen LogP contribution < -0.4 is 0 Å². The Hall–Kier alpha value is -1.11. The summed E-state index contributed by atoms with van der Waals surface area (Å²) in [4.78, 5) is 17.1. The van der Waals surface area contributed by atoms with Crippen molar-refractivity contribution in [3.05, 3.63) is 17.4 Å². The van der Waals surface area contributed by atoms with Crippen LogP contribution in [0.25, 0.3) is 0 Å². The molecule has 1 aromatic heterocycles. The molecule has 0 spiro atoms. The van der Waals surface area contributed by atoms with Gasteiger partial charge in [-0.1, -0.05) is 11.6 Å². The van der Waals surface area contributed by atoms with E-state index in [9.17, 15) is 4.79 Å². The van der Waals surface area contributed by atoms with Gasteiger partial charge in [-0.3, -0.25) is 14.4 Å². The number of carbonyl (C=O) groups excluding carboxylic acids is 1. The molecule has 128 valence electrons. The molecular weight excluding hydrogens is 316 g/mol. The van der Waals surface area contributed by atoms with Crippen LogP contribution in [0.2, 0.25) is 5.02 Å². The van der Waals surface area contributed by atoms with Gasteiger partial charge < -0.3 is 9.64 Å². The average molecular weight is 341 g/mol. The predicted molar refractivity (Wildman–Crippen MR) is 88.5 cm³/mol. The van der Waals surface area contributed by atoms with Crippen molar-refractivity contribution < 1.29 is 9.53 Å². The molecule has 3 heterocycles. The molecule has 23 heavy (non-hydrogen) atoms. The van der Waals surface area contributed by atoms with E-state index in [1.54, 1.807) is 17.1 Å². The smallest absolute Gasteiger partial charge is 0.224 e. The third kappa shape index (κ3) is 4.68. The highest BCUT2D eigenvalue weighted by molar-refractivity contribution is 6.30. The number of ether oxygens (including phenoxy) is 1. The van der Waals surface area contributed by atoms with Crippen molar-refractivity contribution in [1.82, 2.24) is 19.6 Å². The lowest BCUT2D eigenvalue weighted by Gasteiger charge is -2.39. The fourth-order valence-electron chi connectivity index (χ4n) is 3.41. The van der Waals surface area contributed by atoms with Crippen molar-refractivity contribution in [2.75, 3.05) is 39.4 Å². The molecule has 7 heteroatoms. The van der Waals surface area contributed by atoms with Gasteiger partial charge in [0.1, 0.15) is 0 Å². The molecule has 2 aliphatic rings. The number of hydrogen-bond acceptors (Lipinski definition) is 4. The van der Waals surface area contributed by atoms with E-state index in [0.717, 1.165) is 52.2 Å². The van der Waals surface area contributed by atoms with Crippen LogP contribution in [0.1, 0.15) is 25.7 Å². The fourth-order valence-corrected chi connectivity index (χ4v) is 3.57. The third-order valence-corrected chi connectivity index (χ3v) is 4.87. The molecule has 2 aliphatic heterocycles. The molecule has 3 rings (SSSR count). The molecule has 0 saturated carbocycles. The molecule has 0 radical (unpaired) electrons. The van der Waals surface area contributed by atoms with Gasteiger partial charge in [0.25, 0.3) is 0 Å². The van der Waals surface area contributed by atoms with Gasteiger partial charge in [0.2, 0.25) is 5.91 Å². The van der Waals surface area contributed by atoms with E-state index in [1.165, 1.54) is 6.42 Å². The van der Waals surface area contributed by atoms with Crippen LogP contribution in [0.4, 0.5) is 0 Å². The van der Waals surface area contributed by atoms with Crippen LogP contribution in [0.15, 0.2) is 12.4 Å². The van der Waals surface area contributed by atoms with Gasteiger partial charge in [0.15, 0.2) is 0 Å². The van der Waals surface area contributed by atoms with Crippen molar-refractivity contribution in [2.24, 2.45) is 0 Å². The van der Waals surface area contributed by atoms with E-state index in [4.69, 9.17) is 16.3 Å². The molecule has 1 amide bonds. The first-order chi connectivity index (χ1) is 11.2. The van der Waals surface area contributed by atoms with Gasteiger partial charge >= 0.3 is 0 Å². The quantitative estimate of drug-likeness (QED) is 0.817. The van der Waals surface area contributed by atoms with Crippen molar-refractivity contribution in [1.29, 1.82) is 0 Å². The Morgan fingerprint density at radius 1 is 1.30 bits per heavy atom. The van der Waals surface area contributed by atoms with Crippen LogP contribution >= 0.6 is 11.6 Å². The molecule has 0 bridgehead atoms. The number of rotatable bonds is 5. The summed E-state index contributed by atoms with van der Waals surface area (Å²) in [7, 11) is 0. The Kier molecular flexibility index (Phi) is 5.91. The first-order valence-electron chi connectivity index (χ1n) is 8.50. The predicted octanol–water partition coefficient (Wildman–Crippen LogP) is 1.64. The third-order valence-electron chi connectivity index (χ3n) is 4.68. The van der Waals surface area contributed by atoms with Crippen molar-refractivity contribution in [2.45, 2.75) is 38.3 Å². The van der Waals surface area contributed by atoms with Crippen LogP contribution in [0.3, 0.4) is 0 Å². The zero-order valence-corrected chi connectivity index (χ0v) is 14.2. The average Bonchev–Trinajstić information content (AvgIpc) is 3.00. The van der Waals surface area contributed by atoms with Crippen LogP contribution in [0.5, 0.6) is 0 Å². The van der Waals surface area contributed by atoms with Crippen LogP contribution in [-0.2, 0) is 16.1 Å². The molecule has 1 unspecified atom stereocenters. The Morgan fingerprint density at radius 2 is 2.13 bits per heavy atom. The summed E-state index contributed by atoms with van der Waals surface area (Å²) in [5, 5.41) is 4.75. The second kappa shape index (κ2) is 8.13. The second-order valence-electron chi connectivity index (χ2n) is 6.32. The Labute approximate surface area is 142 Å². The highest BCUT2D eigenvalue weighted by atomic mass is 35.5. The number of aryl methyl sites for hydroxylation is 1. The van der Waals surface area contributed by atoms with Crippen molar-refractivity contribution in [3.63, 3.8) is 0 Å². The number of halogens is 1. The number of nitrogens with zero attached hydrogens (tertiary/aromatic N) is 4. The van der Waals surface area contributed by atoms with Crippen LogP contribution in [0, 0.1) is 0 Å². The van der Waals surface area contributed by atoms with Gasteiger partial charge in [-0.05, 0) is 19.3 Å². The molecule has 0 N–H and O–H groups in total. The SMILES string of the molecule is O=C(CCn1cc(Cl)cn1)N1CCCCC1CN1CCOCC1. The second-order valence-corrected chi connectivity index (χ2v) is 6.76. The maximum absolute atomic E-state index is 12.6. The highest BCUT2D eigenvalue weighted by Gasteiger charge is 2.28. The van der Waals surface area contributed by atoms with E-state index >= 15 is 0 Å². The molecule has 2 fully saturated rings. The maximum atomic E-state index is 12.6. The zero-order chi connectivity index (χ0) is 16.1. The van der Waals surface area contributed by atoms with E-state index in [0.29, 0.717) is 24.0 Å².